The van der Waals surface area contributed by atoms with Crippen molar-refractivity contribution in [2.45, 2.75) is 70.4 Å². The van der Waals surface area contributed by atoms with Crippen molar-refractivity contribution >= 4 is 23.1 Å². The van der Waals surface area contributed by atoms with Crippen LogP contribution < -0.4 is 10.1 Å². The molecule has 1 aromatic carbocycles. The van der Waals surface area contributed by atoms with Gasteiger partial charge in [0.2, 0.25) is 0 Å². The van der Waals surface area contributed by atoms with Crippen molar-refractivity contribution in [2.75, 3.05) is 6.54 Å². The van der Waals surface area contributed by atoms with E-state index in [1.807, 2.05) is 12.1 Å². The highest BCUT2D eigenvalue weighted by Gasteiger charge is 2.36. The number of carbonyl (C=O) groups is 1. The van der Waals surface area contributed by atoms with Gasteiger partial charge in [-0.15, -0.1) is 0 Å². The molecule has 5 heteroatoms. The number of nitrogens with zero attached hydrogens (tertiary/aromatic N) is 1. The maximum absolute atomic E-state index is 12.7. The van der Waals surface area contributed by atoms with Gasteiger partial charge in [0, 0.05) is 24.2 Å². The predicted octanol–water partition coefficient (Wildman–Crippen LogP) is 4.66. The molecule has 144 valence electrons. The monoisotopic (exact) mass is 384 g/mol. The highest BCUT2D eigenvalue weighted by atomic mass is 32.1. The first-order valence-corrected chi connectivity index (χ1v) is 10.7. The van der Waals surface area contributed by atoms with Gasteiger partial charge in [-0.05, 0) is 75.4 Å². The third-order valence-electron chi connectivity index (χ3n) is 5.94. The molecule has 27 heavy (non-hydrogen) atoms. The van der Waals surface area contributed by atoms with Gasteiger partial charge in [-0.3, -0.25) is 4.79 Å². The predicted molar refractivity (Wildman–Crippen MR) is 111 cm³/mol. The molecule has 1 N–H and O–H groups in total. The molecule has 1 heterocycles. The minimum atomic E-state index is -0.146. The van der Waals surface area contributed by atoms with Gasteiger partial charge < -0.3 is 15.0 Å². The smallest absolute Gasteiger partial charge is 0.173 e. The highest BCUT2D eigenvalue weighted by Crippen LogP contribution is 2.37. The van der Waals surface area contributed by atoms with Gasteiger partial charge >= 0.3 is 0 Å². The molecule has 3 aliphatic rings. The van der Waals surface area contributed by atoms with Crippen LogP contribution in [0.1, 0.15) is 69.9 Å². The Balaban J connectivity index is 1.58. The quantitative estimate of drug-likeness (QED) is 0.765. The summed E-state index contributed by atoms with van der Waals surface area (Å²) in [5.41, 5.74) is 3.09. The topological polar surface area (TPSA) is 41.6 Å². The number of Topliss-reactive ketones (excluding diaryl/α,β-unsaturated/α-hetero) is 1. The van der Waals surface area contributed by atoms with Crippen molar-refractivity contribution < 1.29 is 9.53 Å². The van der Waals surface area contributed by atoms with Crippen LogP contribution in [-0.4, -0.2) is 28.4 Å². The lowest BCUT2D eigenvalue weighted by Gasteiger charge is -2.40. The zero-order valence-corrected chi connectivity index (χ0v) is 16.8. The van der Waals surface area contributed by atoms with E-state index in [-0.39, 0.29) is 11.8 Å². The van der Waals surface area contributed by atoms with Crippen LogP contribution in [0.2, 0.25) is 0 Å². The Morgan fingerprint density at radius 2 is 1.85 bits per heavy atom. The third kappa shape index (κ3) is 3.75. The molecule has 0 saturated heterocycles. The summed E-state index contributed by atoms with van der Waals surface area (Å²) in [6, 6.07) is 8.08. The van der Waals surface area contributed by atoms with E-state index in [4.69, 9.17) is 17.0 Å². The molecule has 1 unspecified atom stereocenters. The number of rotatable bonds is 4. The fourth-order valence-electron chi connectivity index (χ4n) is 4.55. The van der Waals surface area contributed by atoms with Crippen molar-refractivity contribution in [1.82, 2.24) is 10.2 Å². The van der Waals surface area contributed by atoms with Crippen molar-refractivity contribution in [3.05, 3.63) is 41.1 Å². The second kappa shape index (κ2) is 8.01. The van der Waals surface area contributed by atoms with Crippen molar-refractivity contribution in [3.8, 4) is 5.75 Å². The first kappa shape index (κ1) is 18.5. The van der Waals surface area contributed by atoms with E-state index in [0.717, 1.165) is 59.9 Å². The van der Waals surface area contributed by atoms with Crippen LogP contribution in [0.15, 0.2) is 35.5 Å². The van der Waals surface area contributed by atoms with Gasteiger partial charge in [0.25, 0.3) is 0 Å². The minimum Gasteiger partial charge on any atom is -0.490 e. The van der Waals surface area contributed by atoms with E-state index in [1.54, 1.807) is 0 Å². The molecule has 1 saturated carbocycles. The first-order valence-electron chi connectivity index (χ1n) is 10.3. The maximum Gasteiger partial charge on any atom is 0.173 e. The van der Waals surface area contributed by atoms with E-state index >= 15 is 0 Å². The fraction of sp³-hybridized carbons (Fsp3) is 0.545. The zero-order chi connectivity index (χ0) is 18.8. The molecule has 0 amide bonds. The number of ether oxygens (including phenoxy) is 1. The summed E-state index contributed by atoms with van der Waals surface area (Å²) in [6.07, 6.45) is 8.97. The number of hydrogen-bond acceptors (Lipinski definition) is 3. The van der Waals surface area contributed by atoms with Gasteiger partial charge in [0.15, 0.2) is 10.9 Å². The van der Waals surface area contributed by atoms with Crippen LogP contribution in [0.5, 0.6) is 5.75 Å². The molecule has 0 radical (unpaired) electrons. The largest absolute Gasteiger partial charge is 0.490 e. The first-order chi connectivity index (χ1) is 13.2. The number of benzene rings is 1. The standard InChI is InChI=1S/C22H28N2O2S/c1-2-24-18-9-6-10-19(25)20(18)21(23-22(24)27)15-11-13-17(14-12-15)26-16-7-4-3-5-8-16/h11-14,16,21H,2-10H2,1H3,(H,23,27). The van der Waals surface area contributed by atoms with E-state index in [9.17, 15) is 4.79 Å². The Morgan fingerprint density at radius 1 is 1.11 bits per heavy atom. The number of hydrogen-bond donors (Lipinski definition) is 1. The summed E-state index contributed by atoms with van der Waals surface area (Å²) >= 11 is 5.59. The number of nitrogens with one attached hydrogen (secondary N) is 1. The molecular formula is C22H28N2O2S. The van der Waals surface area contributed by atoms with Crippen LogP contribution in [0, 0.1) is 0 Å². The highest BCUT2D eigenvalue weighted by molar-refractivity contribution is 7.80. The molecule has 4 nitrogen and oxygen atoms in total. The molecule has 4 rings (SSSR count). The summed E-state index contributed by atoms with van der Waals surface area (Å²) < 4.78 is 6.15. The fourth-order valence-corrected chi connectivity index (χ4v) is 4.91. The molecule has 0 aromatic heterocycles. The van der Waals surface area contributed by atoms with E-state index < -0.39 is 0 Å². The minimum absolute atomic E-state index is 0.146. The van der Waals surface area contributed by atoms with Gasteiger partial charge in [-0.1, -0.05) is 18.6 Å². The maximum atomic E-state index is 12.7. The summed E-state index contributed by atoms with van der Waals surface area (Å²) in [5.74, 6) is 1.17. The lowest BCUT2D eigenvalue weighted by atomic mass is 9.85. The molecule has 1 atom stereocenters. The van der Waals surface area contributed by atoms with Gasteiger partial charge in [-0.2, -0.15) is 0 Å². The lowest BCUT2D eigenvalue weighted by molar-refractivity contribution is -0.116. The zero-order valence-electron chi connectivity index (χ0n) is 16.0. The Morgan fingerprint density at radius 3 is 2.56 bits per heavy atom. The van der Waals surface area contributed by atoms with Crippen LogP contribution in [0.25, 0.3) is 0 Å². The van der Waals surface area contributed by atoms with Crippen LogP contribution >= 0.6 is 12.2 Å². The van der Waals surface area contributed by atoms with E-state index in [2.05, 4.69) is 29.3 Å². The lowest BCUT2D eigenvalue weighted by Crippen LogP contribution is -2.49. The van der Waals surface area contributed by atoms with E-state index in [1.165, 1.54) is 19.3 Å². The SMILES string of the molecule is CCN1C(=S)NC(c2ccc(OC3CCCCC3)cc2)C2=C1CCCC2=O. The number of ketones is 1. The normalized spacial score (nSPS) is 23.9. The van der Waals surface area contributed by atoms with Crippen molar-refractivity contribution in [1.29, 1.82) is 0 Å². The van der Waals surface area contributed by atoms with Gasteiger partial charge in [0.05, 0.1) is 12.1 Å². The number of carbonyl (C=O) groups excluding carboxylic acids is 1. The third-order valence-corrected chi connectivity index (χ3v) is 6.28. The molecule has 1 aromatic rings. The average Bonchev–Trinajstić information content (AvgIpc) is 2.69. The molecule has 0 spiro atoms. The summed E-state index contributed by atoms with van der Waals surface area (Å²) in [5, 5.41) is 4.12. The van der Waals surface area contributed by atoms with Crippen LogP contribution in [0.4, 0.5) is 0 Å². The Hall–Kier alpha value is -1.88. The van der Waals surface area contributed by atoms with Crippen molar-refractivity contribution in [2.24, 2.45) is 0 Å². The Bertz CT molecular complexity index is 750. The second-order valence-corrected chi connectivity index (χ2v) is 8.10. The van der Waals surface area contributed by atoms with Crippen molar-refractivity contribution in [3.63, 3.8) is 0 Å². The van der Waals surface area contributed by atoms with Crippen LogP contribution in [0.3, 0.4) is 0 Å². The Kier molecular flexibility index (Phi) is 5.48. The van der Waals surface area contributed by atoms with Gasteiger partial charge in [0.1, 0.15) is 5.75 Å². The Labute approximate surface area is 167 Å². The molecule has 0 bridgehead atoms. The summed E-state index contributed by atoms with van der Waals surface area (Å²) in [6.45, 7) is 2.87. The molecular weight excluding hydrogens is 356 g/mol. The summed E-state index contributed by atoms with van der Waals surface area (Å²) in [4.78, 5) is 14.8. The average molecular weight is 385 g/mol. The second-order valence-electron chi connectivity index (χ2n) is 7.71. The summed E-state index contributed by atoms with van der Waals surface area (Å²) in [7, 11) is 0. The number of thiocarbonyl (C=S) groups is 1. The molecule has 1 aliphatic heterocycles. The molecule has 1 fully saturated rings. The molecule has 2 aliphatic carbocycles. The number of allylic oxidation sites excluding steroid dienone is 1. The van der Waals surface area contributed by atoms with Gasteiger partial charge in [-0.25, -0.2) is 0 Å². The van der Waals surface area contributed by atoms with E-state index in [0.29, 0.717) is 12.5 Å². The van der Waals surface area contributed by atoms with Crippen LogP contribution in [-0.2, 0) is 4.79 Å².